The molecule has 1 N–H and O–H groups in total. The van der Waals surface area contributed by atoms with Crippen molar-refractivity contribution in [3.05, 3.63) is 82.9 Å². The van der Waals surface area contributed by atoms with Crippen LogP contribution in [0.25, 0.3) is 0 Å². The number of sulfonamides is 1. The van der Waals surface area contributed by atoms with Crippen LogP contribution in [-0.2, 0) is 16.4 Å². The van der Waals surface area contributed by atoms with Crippen molar-refractivity contribution in [1.82, 2.24) is 0 Å². The van der Waals surface area contributed by atoms with Crippen LogP contribution in [0.2, 0.25) is 5.02 Å². The fourth-order valence-electron chi connectivity index (χ4n) is 4.07. The predicted octanol–water partition coefficient (Wildman–Crippen LogP) is 5.19. The van der Waals surface area contributed by atoms with Crippen LogP contribution in [0.5, 0.6) is 0 Å². The van der Waals surface area contributed by atoms with Crippen molar-refractivity contribution in [3.8, 4) is 0 Å². The van der Waals surface area contributed by atoms with Gasteiger partial charge in [-0.1, -0.05) is 29.8 Å². The van der Waals surface area contributed by atoms with Crippen molar-refractivity contribution in [1.29, 1.82) is 0 Å². The Balaban J connectivity index is 1.58. The van der Waals surface area contributed by atoms with Crippen molar-refractivity contribution in [2.45, 2.75) is 25.2 Å². The van der Waals surface area contributed by atoms with Gasteiger partial charge in [0.05, 0.1) is 10.7 Å². The summed E-state index contributed by atoms with van der Waals surface area (Å²) in [5, 5.41) is 2.92. The quantitative estimate of drug-likeness (QED) is 0.502. The summed E-state index contributed by atoms with van der Waals surface area (Å²) in [4.78, 5) is 15.0. The molecule has 6 nitrogen and oxygen atoms in total. The summed E-state index contributed by atoms with van der Waals surface area (Å²) < 4.78 is 28.2. The minimum absolute atomic E-state index is 0.0783. The van der Waals surface area contributed by atoms with Gasteiger partial charge in [0.2, 0.25) is 0 Å². The summed E-state index contributed by atoms with van der Waals surface area (Å²) >= 11 is 6.28. The summed E-state index contributed by atoms with van der Waals surface area (Å²) in [6, 6.07) is 19.3. The number of amides is 1. The second-order valence-corrected chi connectivity index (χ2v) is 10.0. The highest BCUT2D eigenvalue weighted by Crippen LogP contribution is 2.35. The van der Waals surface area contributed by atoms with Crippen molar-refractivity contribution >= 4 is 44.6 Å². The molecule has 33 heavy (non-hydrogen) atoms. The summed E-state index contributed by atoms with van der Waals surface area (Å²) in [5.74, 6) is -0.402. The maximum Gasteiger partial charge on any atom is 0.265 e. The van der Waals surface area contributed by atoms with E-state index in [4.69, 9.17) is 11.6 Å². The fourth-order valence-corrected chi connectivity index (χ4v) is 6.07. The third-order valence-electron chi connectivity index (χ3n) is 5.86. The molecule has 0 unspecified atom stereocenters. The highest BCUT2D eigenvalue weighted by molar-refractivity contribution is 7.93. The van der Waals surface area contributed by atoms with Gasteiger partial charge in [-0.3, -0.25) is 9.10 Å². The van der Waals surface area contributed by atoms with E-state index in [1.807, 2.05) is 42.5 Å². The van der Waals surface area contributed by atoms with Crippen molar-refractivity contribution in [2.75, 3.05) is 34.2 Å². The Morgan fingerprint density at radius 2 is 1.73 bits per heavy atom. The van der Waals surface area contributed by atoms with E-state index in [1.54, 1.807) is 6.07 Å². The number of fused-ring (bicyclic) bond motifs is 1. The molecule has 3 aromatic carbocycles. The Morgan fingerprint density at radius 3 is 2.42 bits per heavy atom. The van der Waals surface area contributed by atoms with E-state index in [0.29, 0.717) is 24.3 Å². The first-order valence-corrected chi connectivity index (χ1v) is 12.7. The molecule has 3 aromatic rings. The fraction of sp³-hybridized carbons (Fsp3) is 0.240. The zero-order chi connectivity index (χ0) is 23.6. The Bertz CT molecular complexity index is 1270. The third kappa shape index (κ3) is 4.56. The van der Waals surface area contributed by atoms with E-state index >= 15 is 0 Å². The van der Waals surface area contributed by atoms with Gasteiger partial charge in [0.15, 0.2) is 0 Å². The van der Waals surface area contributed by atoms with Gasteiger partial charge in [-0.25, -0.2) is 8.42 Å². The average molecular weight is 484 g/mol. The van der Waals surface area contributed by atoms with E-state index in [2.05, 4.69) is 24.1 Å². The lowest BCUT2D eigenvalue weighted by molar-refractivity contribution is 0.102. The number of anilines is 3. The molecule has 0 radical (unpaired) electrons. The zero-order valence-electron chi connectivity index (χ0n) is 18.6. The summed E-state index contributed by atoms with van der Waals surface area (Å²) in [6.45, 7) is 6.31. The van der Waals surface area contributed by atoms with E-state index in [-0.39, 0.29) is 15.5 Å². The highest BCUT2D eigenvalue weighted by atomic mass is 35.5. The van der Waals surface area contributed by atoms with Crippen LogP contribution in [0.15, 0.2) is 71.6 Å². The van der Waals surface area contributed by atoms with E-state index in [1.165, 1.54) is 22.5 Å². The number of halogens is 1. The number of hydrogen-bond donors (Lipinski definition) is 1. The van der Waals surface area contributed by atoms with Crippen LogP contribution < -0.4 is 14.5 Å². The normalized spacial score (nSPS) is 13.0. The summed E-state index contributed by atoms with van der Waals surface area (Å²) in [5.41, 5.74) is 3.54. The molecular weight excluding hydrogens is 458 g/mol. The van der Waals surface area contributed by atoms with E-state index in [9.17, 15) is 13.2 Å². The minimum Gasteiger partial charge on any atom is -0.372 e. The van der Waals surface area contributed by atoms with Crippen LogP contribution in [0.4, 0.5) is 17.1 Å². The molecule has 172 valence electrons. The van der Waals surface area contributed by atoms with Gasteiger partial charge in [0.25, 0.3) is 15.9 Å². The molecule has 1 aliphatic heterocycles. The largest absolute Gasteiger partial charge is 0.372 e. The number of carbonyl (C=O) groups excluding carboxylic acids is 1. The van der Waals surface area contributed by atoms with Crippen LogP contribution >= 0.6 is 11.6 Å². The van der Waals surface area contributed by atoms with Gasteiger partial charge in [0.1, 0.15) is 4.90 Å². The number of nitrogens with one attached hydrogen (secondary N) is 1. The first-order valence-electron chi connectivity index (χ1n) is 10.9. The predicted molar refractivity (Wildman–Crippen MR) is 134 cm³/mol. The van der Waals surface area contributed by atoms with Gasteiger partial charge in [-0.05, 0) is 74.4 Å². The van der Waals surface area contributed by atoms with Crippen LogP contribution in [0.3, 0.4) is 0 Å². The Labute approximate surface area is 199 Å². The van der Waals surface area contributed by atoms with Crippen LogP contribution in [0, 0.1) is 0 Å². The molecule has 0 aromatic heterocycles. The van der Waals surface area contributed by atoms with Gasteiger partial charge in [-0.15, -0.1) is 0 Å². The Kier molecular flexibility index (Phi) is 6.63. The minimum atomic E-state index is -3.92. The smallest absolute Gasteiger partial charge is 0.265 e. The summed E-state index contributed by atoms with van der Waals surface area (Å²) in [7, 11) is -3.92. The molecular formula is C25H26ClN3O3S. The average Bonchev–Trinajstić information content (AvgIpc) is 3.26. The summed E-state index contributed by atoms with van der Waals surface area (Å²) in [6.07, 6.45) is 0.636. The van der Waals surface area contributed by atoms with Crippen molar-refractivity contribution in [3.63, 3.8) is 0 Å². The van der Waals surface area contributed by atoms with Gasteiger partial charge in [0, 0.05) is 36.6 Å². The topological polar surface area (TPSA) is 69.7 Å². The van der Waals surface area contributed by atoms with E-state index < -0.39 is 15.9 Å². The lowest BCUT2D eigenvalue weighted by Gasteiger charge is -2.21. The molecule has 0 saturated heterocycles. The number of hydrogen-bond acceptors (Lipinski definition) is 4. The second-order valence-electron chi connectivity index (χ2n) is 7.77. The lowest BCUT2D eigenvalue weighted by Crippen LogP contribution is -2.29. The molecule has 0 fully saturated rings. The standard InChI is InChI=1S/C25H26ClN3O3S/c1-3-28(4-2)21-12-10-20(11-13-21)27-25(30)19-9-14-22(26)24(17-19)33(31,32)29-16-15-18-7-5-6-8-23(18)29/h5-14,17H,3-4,15-16H2,1-2H3,(H,27,30). The molecule has 0 atom stereocenters. The first-order chi connectivity index (χ1) is 15.8. The molecule has 0 spiro atoms. The highest BCUT2D eigenvalue weighted by Gasteiger charge is 2.32. The molecule has 8 heteroatoms. The zero-order valence-corrected chi connectivity index (χ0v) is 20.2. The molecule has 4 rings (SSSR count). The number of para-hydroxylation sites is 1. The molecule has 1 heterocycles. The molecule has 0 bridgehead atoms. The van der Waals surface area contributed by atoms with Crippen molar-refractivity contribution < 1.29 is 13.2 Å². The maximum absolute atomic E-state index is 13.4. The van der Waals surface area contributed by atoms with Gasteiger partial charge in [-0.2, -0.15) is 0 Å². The van der Waals surface area contributed by atoms with Crippen LogP contribution in [0.1, 0.15) is 29.8 Å². The van der Waals surface area contributed by atoms with Crippen molar-refractivity contribution in [2.24, 2.45) is 0 Å². The monoisotopic (exact) mass is 483 g/mol. The molecule has 0 saturated carbocycles. The molecule has 1 aliphatic rings. The van der Waals surface area contributed by atoms with Gasteiger partial charge < -0.3 is 10.2 Å². The lowest BCUT2D eigenvalue weighted by atomic mass is 10.2. The maximum atomic E-state index is 13.4. The second kappa shape index (κ2) is 9.45. The SMILES string of the molecule is CCN(CC)c1ccc(NC(=O)c2ccc(Cl)c(S(=O)(=O)N3CCc4ccccc43)c2)cc1. The number of benzene rings is 3. The third-order valence-corrected chi connectivity index (χ3v) is 8.15. The first kappa shape index (κ1) is 23.1. The Morgan fingerprint density at radius 1 is 1.03 bits per heavy atom. The molecule has 0 aliphatic carbocycles. The number of rotatable bonds is 7. The number of carbonyl (C=O) groups is 1. The van der Waals surface area contributed by atoms with E-state index in [0.717, 1.165) is 24.3 Å². The van der Waals surface area contributed by atoms with Gasteiger partial charge >= 0.3 is 0 Å². The van der Waals surface area contributed by atoms with Crippen LogP contribution in [-0.4, -0.2) is 34.0 Å². The Hall–Kier alpha value is -3.03. The number of nitrogens with zero attached hydrogens (tertiary/aromatic N) is 2. The molecule has 1 amide bonds.